The summed E-state index contributed by atoms with van der Waals surface area (Å²) in [7, 11) is 1.35. The number of anilines is 1. The SMILES string of the molecule is CC.CC(C)CC(=O)Cl.COC(=O)CC(C)c1ccc(N(CC(C)C)C2CCNCC2)c([N+](=O)[O-])c1. The molecule has 1 aliphatic heterocycles. The van der Waals surface area contributed by atoms with Gasteiger partial charge in [-0.1, -0.05) is 54.5 Å². The predicted molar refractivity (Wildman–Crippen MR) is 148 cm³/mol. The van der Waals surface area contributed by atoms with Crippen LogP contribution >= 0.6 is 11.6 Å². The second kappa shape index (κ2) is 18.1. The van der Waals surface area contributed by atoms with E-state index in [4.69, 9.17) is 16.3 Å². The minimum absolute atomic E-state index is 0.114. The predicted octanol–water partition coefficient (Wildman–Crippen LogP) is 6.30. The topological polar surface area (TPSA) is 102 Å². The molecule has 9 heteroatoms. The summed E-state index contributed by atoms with van der Waals surface area (Å²) >= 11 is 5.03. The molecule has 1 fully saturated rings. The standard InChI is InChI=1S/C20H31N3O4.C5H9ClO.C2H6/c1-14(2)13-22(17-7-9-21-10-8-17)18-6-5-16(12-19(18)23(25)26)15(3)11-20(24)27-4;1-4(2)3-5(6)7;1-2/h5-6,12,14-15,17,21H,7-11,13H2,1-4H3;4H,3H2,1-2H3;1-2H3. The summed E-state index contributed by atoms with van der Waals surface area (Å²) in [6.45, 7) is 16.7. The lowest BCUT2D eigenvalue weighted by Crippen LogP contribution is -2.45. The lowest BCUT2D eigenvalue weighted by Gasteiger charge is -2.37. The number of methoxy groups -OCH3 is 1. The van der Waals surface area contributed by atoms with E-state index in [0.717, 1.165) is 38.0 Å². The second-order valence-electron chi connectivity index (χ2n) is 9.67. The molecule has 1 aromatic carbocycles. The minimum atomic E-state index is -0.314. The molecule has 0 aliphatic carbocycles. The lowest BCUT2D eigenvalue weighted by molar-refractivity contribution is -0.384. The molecule has 1 aromatic rings. The van der Waals surface area contributed by atoms with Crippen molar-refractivity contribution >= 4 is 34.2 Å². The highest BCUT2D eigenvalue weighted by molar-refractivity contribution is 6.63. The Balaban J connectivity index is 0.00000117. The summed E-state index contributed by atoms with van der Waals surface area (Å²) in [5, 5.41) is 14.9. The van der Waals surface area contributed by atoms with Crippen LogP contribution in [0.2, 0.25) is 0 Å². The molecule has 0 aromatic heterocycles. The highest BCUT2D eigenvalue weighted by Gasteiger charge is 2.28. The highest BCUT2D eigenvalue weighted by atomic mass is 35.5. The maximum Gasteiger partial charge on any atom is 0.306 e. The van der Waals surface area contributed by atoms with Crippen LogP contribution in [0, 0.1) is 22.0 Å². The maximum atomic E-state index is 11.8. The molecule has 1 saturated heterocycles. The van der Waals surface area contributed by atoms with Crippen LogP contribution in [-0.2, 0) is 14.3 Å². The molecule has 1 atom stereocenters. The average molecular weight is 528 g/mol. The quantitative estimate of drug-likeness (QED) is 0.165. The molecule has 2 rings (SSSR count). The summed E-state index contributed by atoms with van der Waals surface area (Å²) in [4.78, 5) is 35.3. The maximum absolute atomic E-state index is 11.8. The number of carbonyl (C=O) groups excluding carboxylic acids is 2. The first-order chi connectivity index (χ1) is 17.0. The molecule has 0 spiro atoms. The monoisotopic (exact) mass is 527 g/mol. The first-order valence-corrected chi connectivity index (χ1v) is 13.3. The second-order valence-corrected chi connectivity index (χ2v) is 10.1. The first kappa shape index (κ1) is 33.8. The van der Waals surface area contributed by atoms with E-state index in [2.05, 4.69) is 24.1 Å². The molecule has 8 nitrogen and oxygen atoms in total. The van der Waals surface area contributed by atoms with Gasteiger partial charge in [-0.2, -0.15) is 0 Å². The van der Waals surface area contributed by atoms with Crippen molar-refractivity contribution in [1.82, 2.24) is 5.32 Å². The van der Waals surface area contributed by atoms with Gasteiger partial charge in [0.2, 0.25) is 5.24 Å². The summed E-state index contributed by atoms with van der Waals surface area (Å²) in [6.07, 6.45) is 2.65. The van der Waals surface area contributed by atoms with Crippen LogP contribution in [0.4, 0.5) is 11.4 Å². The molecule has 1 N–H and O–H groups in total. The van der Waals surface area contributed by atoms with Gasteiger partial charge < -0.3 is 15.0 Å². The van der Waals surface area contributed by atoms with Crippen LogP contribution in [0.15, 0.2) is 18.2 Å². The number of nitrogens with zero attached hydrogens (tertiary/aromatic N) is 2. The number of ether oxygens (including phenoxy) is 1. The zero-order valence-electron chi connectivity index (χ0n) is 23.3. The third-order valence-electron chi connectivity index (χ3n) is 5.66. The number of carbonyl (C=O) groups is 2. The van der Waals surface area contributed by atoms with Crippen molar-refractivity contribution in [3.8, 4) is 0 Å². The third-order valence-corrected chi connectivity index (χ3v) is 5.81. The van der Waals surface area contributed by atoms with Crippen molar-refractivity contribution in [2.24, 2.45) is 11.8 Å². The van der Waals surface area contributed by atoms with E-state index >= 15 is 0 Å². The Morgan fingerprint density at radius 3 is 2.11 bits per heavy atom. The zero-order valence-corrected chi connectivity index (χ0v) is 24.1. The van der Waals surface area contributed by atoms with E-state index in [1.807, 2.05) is 46.8 Å². The molecule has 1 heterocycles. The van der Waals surface area contributed by atoms with E-state index in [9.17, 15) is 19.7 Å². The largest absolute Gasteiger partial charge is 0.469 e. The summed E-state index contributed by atoms with van der Waals surface area (Å²) in [6, 6.07) is 5.68. The summed E-state index contributed by atoms with van der Waals surface area (Å²) in [5.41, 5.74) is 1.57. The van der Waals surface area contributed by atoms with Crippen LogP contribution in [0.1, 0.15) is 85.6 Å². The molecule has 0 amide bonds. The van der Waals surface area contributed by atoms with Gasteiger partial charge in [-0.15, -0.1) is 0 Å². The molecular weight excluding hydrogens is 482 g/mol. The Morgan fingerprint density at radius 1 is 1.11 bits per heavy atom. The van der Waals surface area contributed by atoms with Gasteiger partial charge in [0.05, 0.1) is 18.5 Å². The fraction of sp³-hybridized carbons (Fsp3) is 0.704. The molecule has 1 unspecified atom stereocenters. The van der Waals surface area contributed by atoms with Gasteiger partial charge in [0, 0.05) is 25.1 Å². The van der Waals surface area contributed by atoms with Gasteiger partial charge in [0.1, 0.15) is 5.69 Å². The number of nitrogens with one attached hydrogen (secondary N) is 1. The van der Waals surface area contributed by atoms with Crippen LogP contribution in [0.3, 0.4) is 0 Å². The number of nitro benzene ring substituents is 1. The molecule has 36 heavy (non-hydrogen) atoms. The molecule has 0 radical (unpaired) electrons. The Hall–Kier alpha value is -2.19. The van der Waals surface area contributed by atoms with Crippen molar-refractivity contribution < 1.29 is 19.2 Å². The number of hydrogen-bond acceptors (Lipinski definition) is 7. The van der Waals surface area contributed by atoms with Gasteiger partial charge in [-0.25, -0.2) is 0 Å². The van der Waals surface area contributed by atoms with Gasteiger partial charge >= 0.3 is 5.97 Å². The van der Waals surface area contributed by atoms with Crippen LogP contribution < -0.4 is 10.2 Å². The normalized spacial score (nSPS) is 14.2. The fourth-order valence-corrected chi connectivity index (χ4v) is 4.27. The Labute approximate surface area is 222 Å². The van der Waals surface area contributed by atoms with Crippen molar-refractivity contribution in [2.45, 2.75) is 86.1 Å². The van der Waals surface area contributed by atoms with Gasteiger partial charge in [-0.05, 0) is 66.9 Å². The fourth-order valence-electron chi connectivity index (χ4n) is 3.96. The number of piperidine rings is 1. The summed E-state index contributed by atoms with van der Waals surface area (Å²) < 4.78 is 4.72. The smallest absolute Gasteiger partial charge is 0.306 e. The Morgan fingerprint density at radius 2 is 1.69 bits per heavy atom. The van der Waals surface area contributed by atoms with Crippen molar-refractivity contribution in [3.05, 3.63) is 33.9 Å². The van der Waals surface area contributed by atoms with Crippen LogP contribution in [0.5, 0.6) is 0 Å². The van der Waals surface area contributed by atoms with Crippen molar-refractivity contribution in [3.63, 3.8) is 0 Å². The van der Waals surface area contributed by atoms with Crippen LogP contribution in [0.25, 0.3) is 0 Å². The Kier molecular flexibility index (Phi) is 17.0. The molecule has 1 aliphatic rings. The van der Waals surface area contributed by atoms with Crippen LogP contribution in [-0.4, -0.2) is 48.9 Å². The average Bonchev–Trinajstić information content (AvgIpc) is 2.83. The van der Waals surface area contributed by atoms with E-state index in [-0.39, 0.29) is 34.2 Å². The molecule has 0 saturated carbocycles. The minimum Gasteiger partial charge on any atom is -0.469 e. The molecule has 206 valence electrons. The van der Waals surface area contributed by atoms with E-state index < -0.39 is 0 Å². The number of nitro groups is 1. The van der Waals surface area contributed by atoms with E-state index in [1.165, 1.54) is 7.11 Å². The van der Waals surface area contributed by atoms with E-state index in [1.54, 1.807) is 6.07 Å². The number of benzene rings is 1. The number of hydrogen-bond donors (Lipinski definition) is 1. The van der Waals surface area contributed by atoms with Gasteiger partial charge in [0.25, 0.3) is 5.69 Å². The van der Waals surface area contributed by atoms with Crippen molar-refractivity contribution in [1.29, 1.82) is 0 Å². The molecule has 0 bridgehead atoms. The summed E-state index contributed by atoms with van der Waals surface area (Å²) in [5.74, 6) is 0.343. The van der Waals surface area contributed by atoms with Gasteiger partial charge in [0.15, 0.2) is 0 Å². The van der Waals surface area contributed by atoms with Crippen molar-refractivity contribution in [2.75, 3.05) is 31.6 Å². The highest BCUT2D eigenvalue weighted by Crippen LogP contribution is 2.35. The Bertz CT molecular complexity index is 811. The number of rotatable bonds is 10. The first-order valence-electron chi connectivity index (χ1n) is 13.0. The van der Waals surface area contributed by atoms with Gasteiger partial charge in [-0.3, -0.25) is 19.7 Å². The van der Waals surface area contributed by atoms with E-state index in [0.29, 0.717) is 30.0 Å². The lowest BCUT2D eigenvalue weighted by atomic mass is 9.95. The third kappa shape index (κ3) is 12.7. The molecular formula is C27H46ClN3O5. The number of halogens is 1. The zero-order chi connectivity index (χ0) is 27.8. The number of esters is 1.